The molecule has 0 amide bonds. The minimum Gasteiger partial charge on any atom is -0.135 e. The molecule has 0 saturated carbocycles. The van der Waals surface area contributed by atoms with Gasteiger partial charge in [0.05, 0.1) is 0 Å². The topological polar surface area (TPSA) is 0 Å². The molecule has 0 fully saturated rings. The summed E-state index contributed by atoms with van der Waals surface area (Å²) in [6.07, 6.45) is 0. The standard InChI is InChI=1S/C46H28S/c1-2-13-29(14-3-1)40-28-41-31(26-25-30-15-4-5-16-32(30)41)27-42(40)45-36-20-8-6-18-34(36)44(35-19-7-9-21-37(35)45)39-23-12-22-38-33-17-10-11-24-43(33)47-46(38)39/h1-28H. The lowest BCUT2D eigenvalue weighted by molar-refractivity contribution is 1.63. The van der Waals surface area contributed by atoms with Crippen molar-refractivity contribution in [3.63, 3.8) is 0 Å². The third-order valence-electron chi connectivity index (χ3n) is 9.84. The Morgan fingerprint density at radius 2 is 0.851 bits per heavy atom. The van der Waals surface area contributed by atoms with E-state index in [-0.39, 0.29) is 0 Å². The van der Waals surface area contributed by atoms with Crippen molar-refractivity contribution in [2.75, 3.05) is 0 Å². The average molecular weight is 613 g/mol. The minimum atomic E-state index is 1.23. The highest BCUT2D eigenvalue weighted by molar-refractivity contribution is 7.26. The van der Waals surface area contributed by atoms with Crippen molar-refractivity contribution in [2.24, 2.45) is 0 Å². The molecule has 1 heteroatoms. The van der Waals surface area contributed by atoms with Crippen molar-refractivity contribution in [3.8, 4) is 33.4 Å². The summed E-state index contributed by atoms with van der Waals surface area (Å²) in [5, 5.41) is 12.9. The highest BCUT2D eigenvalue weighted by Gasteiger charge is 2.21. The molecule has 0 spiro atoms. The highest BCUT2D eigenvalue weighted by atomic mass is 32.1. The van der Waals surface area contributed by atoms with Crippen LogP contribution in [0.4, 0.5) is 0 Å². The summed E-state index contributed by atoms with van der Waals surface area (Å²) in [5.74, 6) is 0. The zero-order valence-electron chi connectivity index (χ0n) is 25.6. The SMILES string of the molecule is c1ccc(-c2cc3c(ccc4ccccc43)cc2-c2c3ccccc3c(-c3cccc4c3sc3ccccc34)c3ccccc23)cc1. The average Bonchev–Trinajstić information content (AvgIpc) is 3.53. The summed E-state index contributed by atoms with van der Waals surface area (Å²) in [4.78, 5) is 0. The van der Waals surface area contributed by atoms with Gasteiger partial charge in [-0.05, 0) is 89.1 Å². The number of thiophene rings is 1. The molecule has 0 unspecified atom stereocenters. The van der Waals surface area contributed by atoms with E-state index in [1.165, 1.54) is 96.6 Å². The predicted molar refractivity (Wildman–Crippen MR) is 206 cm³/mol. The summed E-state index contributed by atoms with van der Waals surface area (Å²) in [6, 6.07) is 62.7. The quantitative estimate of drug-likeness (QED) is 0.138. The second kappa shape index (κ2) is 10.4. The van der Waals surface area contributed by atoms with E-state index in [2.05, 4.69) is 170 Å². The largest absolute Gasteiger partial charge is 0.135 e. The maximum absolute atomic E-state index is 2.44. The van der Waals surface area contributed by atoms with Gasteiger partial charge >= 0.3 is 0 Å². The van der Waals surface area contributed by atoms with Gasteiger partial charge in [-0.1, -0.05) is 152 Å². The van der Waals surface area contributed by atoms with Gasteiger partial charge in [-0.25, -0.2) is 0 Å². The van der Waals surface area contributed by atoms with Crippen LogP contribution in [0.3, 0.4) is 0 Å². The molecule has 0 aliphatic rings. The van der Waals surface area contributed by atoms with Gasteiger partial charge < -0.3 is 0 Å². The van der Waals surface area contributed by atoms with Gasteiger partial charge in [-0.2, -0.15) is 0 Å². The summed E-state index contributed by atoms with van der Waals surface area (Å²) in [7, 11) is 0. The first-order chi connectivity index (χ1) is 23.3. The fourth-order valence-electron chi connectivity index (χ4n) is 7.77. The lowest BCUT2D eigenvalue weighted by Crippen LogP contribution is -1.93. The molecule has 0 N–H and O–H groups in total. The molecule has 0 aliphatic heterocycles. The van der Waals surface area contributed by atoms with Crippen LogP contribution in [0.25, 0.3) is 96.6 Å². The fraction of sp³-hybridized carbons (Fsp3) is 0. The molecule has 1 aromatic heterocycles. The first-order valence-electron chi connectivity index (χ1n) is 16.2. The van der Waals surface area contributed by atoms with Crippen molar-refractivity contribution >= 4 is 74.6 Å². The van der Waals surface area contributed by atoms with Crippen LogP contribution in [0.15, 0.2) is 170 Å². The Morgan fingerprint density at radius 3 is 1.57 bits per heavy atom. The maximum Gasteiger partial charge on any atom is 0.0434 e. The number of rotatable bonds is 3. The Bertz CT molecular complexity index is 2780. The molecule has 0 radical (unpaired) electrons. The highest BCUT2D eigenvalue weighted by Crippen LogP contribution is 2.49. The van der Waals surface area contributed by atoms with Crippen molar-refractivity contribution in [1.29, 1.82) is 0 Å². The molecule has 0 aliphatic carbocycles. The van der Waals surface area contributed by atoms with Crippen LogP contribution in [0.1, 0.15) is 0 Å². The number of hydrogen-bond donors (Lipinski definition) is 0. The van der Waals surface area contributed by atoms with Gasteiger partial charge in [0.15, 0.2) is 0 Å². The summed E-state index contributed by atoms with van der Waals surface area (Å²) < 4.78 is 2.68. The molecule has 0 atom stereocenters. The van der Waals surface area contributed by atoms with Crippen molar-refractivity contribution in [3.05, 3.63) is 170 Å². The van der Waals surface area contributed by atoms with Crippen LogP contribution < -0.4 is 0 Å². The first kappa shape index (κ1) is 26.5. The van der Waals surface area contributed by atoms with Gasteiger partial charge in [-0.15, -0.1) is 11.3 Å². The van der Waals surface area contributed by atoms with E-state index >= 15 is 0 Å². The van der Waals surface area contributed by atoms with E-state index in [4.69, 9.17) is 0 Å². The van der Waals surface area contributed by atoms with E-state index in [0.29, 0.717) is 0 Å². The molecular weight excluding hydrogens is 585 g/mol. The van der Waals surface area contributed by atoms with Crippen molar-refractivity contribution in [1.82, 2.24) is 0 Å². The lowest BCUT2D eigenvalue weighted by atomic mass is 9.82. The van der Waals surface area contributed by atoms with Crippen molar-refractivity contribution in [2.45, 2.75) is 0 Å². The Kier molecular flexibility index (Phi) is 5.85. The van der Waals surface area contributed by atoms with E-state index in [1.807, 2.05) is 11.3 Å². The lowest BCUT2D eigenvalue weighted by Gasteiger charge is -2.21. The number of hydrogen-bond acceptors (Lipinski definition) is 1. The fourth-order valence-corrected chi connectivity index (χ4v) is 8.99. The number of benzene rings is 9. The summed E-state index contributed by atoms with van der Waals surface area (Å²) in [6.45, 7) is 0. The zero-order valence-corrected chi connectivity index (χ0v) is 26.4. The molecule has 218 valence electrons. The molecule has 1 heterocycles. The first-order valence-corrected chi connectivity index (χ1v) is 17.0. The van der Waals surface area contributed by atoms with E-state index in [1.54, 1.807) is 0 Å². The van der Waals surface area contributed by atoms with Crippen LogP contribution in [-0.4, -0.2) is 0 Å². The third-order valence-corrected chi connectivity index (χ3v) is 11.1. The monoisotopic (exact) mass is 612 g/mol. The molecule has 10 aromatic rings. The molecule has 47 heavy (non-hydrogen) atoms. The van der Waals surface area contributed by atoms with E-state index in [9.17, 15) is 0 Å². The van der Waals surface area contributed by atoms with Gasteiger partial charge in [0.25, 0.3) is 0 Å². The molecule has 10 rings (SSSR count). The van der Waals surface area contributed by atoms with Crippen LogP contribution >= 0.6 is 11.3 Å². The van der Waals surface area contributed by atoms with Crippen LogP contribution in [0.2, 0.25) is 0 Å². The van der Waals surface area contributed by atoms with Gasteiger partial charge in [0.2, 0.25) is 0 Å². The Morgan fingerprint density at radius 1 is 0.298 bits per heavy atom. The molecule has 0 bridgehead atoms. The normalized spacial score (nSPS) is 11.8. The van der Waals surface area contributed by atoms with Gasteiger partial charge in [-0.3, -0.25) is 0 Å². The zero-order chi connectivity index (χ0) is 30.9. The molecule has 0 nitrogen and oxygen atoms in total. The number of fused-ring (bicyclic) bond motifs is 8. The Labute approximate surface area is 276 Å². The Balaban J connectivity index is 1.36. The predicted octanol–water partition coefficient (Wildman–Crippen LogP) is 13.7. The molecule has 9 aromatic carbocycles. The Hall–Kier alpha value is -5.76. The summed E-state index contributed by atoms with van der Waals surface area (Å²) >= 11 is 1.90. The minimum absolute atomic E-state index is 1.23. The second-order valence-electron chi connectivity index (χ2n) is 12.4. The van der Waals surface area contributed by atoms with E-state index in [0.717, 1.165) is 0 Å². The smallest absolute Gasteiger partial charge is 0.0434 e. The van der Waals surface area contributed by atoms with E-state index < -0.39 is 0 Å². The molecular formula is C46H28S. The van der Waals surface area contributed by atoms with Crippen molar-refractivity contribution < 1.29 is 0 Å². The molecule has 0 saturated heterocycles. The van der Waals surface area contributed by atoms with Crippen LogP contribution in [-0.2, 0) is 0 Å². The van der Waals surface area contributed by atoms with Crippen LogP contribution in [0, 0.1) is 0 Å². The third kappa shape index (κ3) is 4.00. The van der Waals surface area contributed by atoms with Gasteiger partial charge in [0.1, 0.15) is 0 Å². The summed E-state index contributed by atoms with van der Waals surface area (Å²) in [5.41, 5.74) is 7.64. The second-order valence-corrected chi connectivity index (χ2v) is 13.4. The maximum atomic E-state index is 2.44. The van der Waals surface area contributed by atoms with Crippen LogP contribution in [0.5, 0.6) is 0 Å². The van der Waals surface area contributed by atoms with Gasteiger partial charge in [0, 0.05) is 25.7 Å².